The number of hydrogen-bond donors (Lipinski definition) is 2. The summed E-state index contributed by atoms with van der Waals surface area (Å²) in [4.78, 5) is 25.8. The smallest absolute Gasteiger partial charge is 0.256 e. The van der Waals surface area contributed by atoms with Crippen molar-refractivity contribution in [1.82, 2.24) is 0 Å². The number of halogens is 1. The Morgan fingerprint density at radius 1 is 0.931 bits per heavy atom. The molecule has 0 aliphatic carbocycles. The molecule has 0 heterocycles. The molecule has 2 amide bonds. The van der Waals surface area contributed by atoms with Crippen LogP contribution in [0.2, 0.25) is 5.02 Å². The number of thioether (sulfide) groups is 1. The quantitative estimate of drug-likeness (QED) is 0.481. The van der Waals surface area contributed by atoms with Gasteiger partial charge in [0.15, 0.2) is 0 Å². The Morgan fingerprint density at radius 3 is 2.41 bits per heavy atom. The van der Waals surface area contributed by atoms with Crippen LogP contribution in [-0.4, -0.2) is 17.6 Å². The maximum Gasteiger partial charge on any atom is 0.256 e. The fraction of sp³-hybridized carbons (Fsp3) is 0.130. The van der Waals surface area contributed by atoms with E-state index in [0.717, 1.165) is 21.7 Å². The van der Waals surface area contributed by atoms with Crippen LogP contribution in [0.3, 0.4) is 0 Å². The second-order valence-corrected chi connectivity index (χ2v) is 8.07. The van der Waals surface area contributed by atoms with Crippen LogP contribution in [0.5, 0.6) is 0 Å². The highest BCUT2D eigenvalue weighted by molar-refractivity contribution is 8.00. The molecule has 0 fully saturated rings. The minimum absolute atomic E-state index is 0.125. The Balaban J connectivity index is 1.66. The number of nitrogens with one attached hydrogen (secondary N) is 2. The average molecular weight is 425 g/mol. The molecule has 0 radical (unpaired) electrons. The third-order valence-corrected chi connectivity index (χ3v) is 5.58. The van der Waals surface area contributed by atoms with Gasteiger partial charge in [0.05, 0.1) is 11.3 Å². The van der Waals surface area contributed by atoms with Crippen molar-refractivity contribution in [2.75, 3.05) is 16.4 Å². The maximum atomic E-state index is 12.8. The normalized spacial score (nSPS) is 10.4. The van der Waals surface area contributed by atoms with Crippen molar-refractivity contribution < 1.29 is 9.59 Å². The molecule has 0 unspecified atom stereocenters. The van der Waals surface area contributed by atoms with E-state index < -0.39 is 0 Å². The highest BCUT2D eigenvalue weighted by atomic mass is 35.5. The summed E-state index contributed by atoms with van der Waals surface area (Å²) >= 11 is 7.36. The van der Waals surface area contributed by atoms with E-state index >= 15 is 0 Å². The molecule has 4 nitrogen and oxygen atoms in total. The zero-order valence-electron chi connectivity index (χ0n) is 16.2. The van der Waals surface area contributed by atoms with E-state index in [1.165, 1.54) is 11.8 Å². The topological polar surface area (TPSA) is 58.2 Å². The van der Waals surface area contributed by atoms with Crippen LogP contribution in [0.15, 0.2) is 71.6 Å². The predicted octanol–water partition coefficient (Wildman–Crippen LogP) is 5.94. The van der Waals surface area contributed by atoms with Gasteiger partial charge in [-0.3, -0.25) is 9.59 Å². The molecular formula is C23H21ClN2O2S. The van der Waals surface area contributed by atoms with Gasteiger partial charge in [0.25, 0.3) is 5.91 Å². The van der Waals surface area contributed by atoms with Crippen molar-refractivity contribution >= 4 is 46.6 Å². The number of carbonyl (C=O) groups excluding carboxylic acids is 2. The zero-order valence-corrected chi connectivity index (χ0v) is 17.7. The summed E-state index contributed by atoms with van der Waals surface area (Å²) in [5.41, 5.74) is 3.99. The summed E-state index contributed by atoms with van der Waals surface area (Å²) in [5.74, 6) is -0.161. The van der Waals surface area contributed by atoms with E-state index in [1.807, 2.05) is 56.3 Å². The lowest BCUT2D eigenvalue weighted by atomic mass is 10.1. The molecule has 148 valence electrons. The molecule has 0 spiro atoms. The molecule has 0 atom stereocenters. The number of anilines is 2. The summed E-state index contributed by atoms with van der Waals surface area (Å²) in [7, 11) is 0. The van der Waals surface area contributed by atoms with Gasteiger partial charge in [-0.05, 0) is 55.8 Å². The predicted molar refractivity (Wildman–Crippen MR) is 121 cm³/mol. The summed E-state index contributed by atoms with van der Waals surface area (Å²) in [6.45, 7) is 3.90. The highest BCUT2D eigenvalue weighted by Gasteiger charge is 2.14. The molecule has 3 rings (SSSR count). The van der Waals surface area contributed by atoms with Crippen molar-refractivity contribution in [2.24, 2.45) is 0 Å². The molecule has 3 aromatic rings. The van der Waals surface area contributed by atoms with Crippen molar-refractivity contribution in [3.63, 3.8) is 0 Å². The van der Waals surface area contributed by atoms with Crippen LogP contribution >= 0.6 is 23.4 Å². The van der Waals surface area contributed by atoms with Gasteiger partial charge in [0.1, 0.15) is 0 Å². The third-order valence-electron chi connectivity index (χ3n) is 4.27. The number of aryl methyl sites for hydroxylation is 2. The van der Waals surface area contributed by atoms with E-state index in [4.69, 9.17) is 11.6 Å². The van der Waals surface area contributed by atoms with Crippen LogP contribution in [0.1, 0.15) is 21.5 Å². The maximum absolute atomic E-state index is 12.8. The minimum atomic E-state index is -0.239. The summed E-state index contributed by atoms with van der Waals surface area (Å²) in [6, 6.07) is 20.2. The monoisotopic (exact) mass is 424 g/mol. The standard InChI is InChI=1S/C23H21ClN2O2S/c1-15-7-11-18(12-8-15)25-22(27)14-29-21-6-4-3-5-19(21)23(28)26-20-13-17(24)10-9-16(20)2/h3-13H,14H2,1-2H3,(H,25,27)(H,26,28). The number of hydrogen-bond acceptors (Lipinski definition) is 3. The lowest BCUT2D eigenvalue weighted by molar-refractivity contribution is -0.113. The fourth-order valence-corrected chi connectivity index (χ4v) is 3.70. The molecule has 2 N–H and O–H groups in total. The second kappa shape index (κ2) is 9.63. The van der Waals surface area contributed by atoms with Crippen LogP contribution in [0.4, 0.5) is 11.4 Å². The molecule has 3 aromatic carbocycles. The fourth-order valence-electron chi connectivity index (χ4n) is 2.68. The van der Waals surface area contributed by atoms with Gasteiger partial charge in [-0.1, -0.05) is 47.5 Å². The van der Waals surface area contributed by atoms with Crippen LogP contribution in [-0.2, 0) is 4.79 Å². The van der Waals surface area contributed by atoms with E-state index in [1.54, 1.807) is 24.3 Å². The van der Waals surface area contributed by atoms with E-state index in [-0.39, 0.29) is 17.6 Å². The summed E-state index contributed by atoms with van der Waals surface area (Å²) in [6.07, 6.45) is 0. The first-order chi connectivity index (χ1) is 13.9. The van der Waals surface area contributed by atoms with Gasteiger partial charge >= 0.3 is 0 Å². The first kappa shape index (κ1) is 21.0. The Labute approximate surface area is 179 Å². The van der Waals surface area contributed by atoms with Crippen molar-refractivity contribution in [3.8, 4) is 0 Å². The zero-order chi connectivity index (χ0) is 20.8. The largest absolute Gasteiger partial charge is 0.325 e. The van der Waals surface area contributed by atoms with Crippen molar-refractivity contribution in [3.05, 3.63) is 88.4 Å². The lowest BCUT2D eigenvalue weighted by Crippen LogP contribution is -2.16. The Hall–Kier alpha value is -2.76. The Bertz CT molecular complexity index is 1040. The lowest BCUT2D eigenvalue weighted by Gasteiger charge is -2.12. The van der Waals surface area contributed by atoms with Crippen LogP contribution < -0.4 is 10.6 Å². The second-order valence-electron chi connectivity index (χ2n) is 6.61. The molecule has 29 heavy (non-hydrogen) atoms. The Morgan fingerprint density at radius 2 is 1.66 bits per heavy atom. The molecule has 0 saturated heterocycles. The number of carbonyl (C=O) groups is 2. The van der Waals surface area contributed by atoms with Crippen molar-refractivity contribution in [1.29, 1.82) is 0 Å². The molecule has 0 aliphatic rings. The molecule has 0 aliphatic heterocycles. The summed E-state index contributed by atoms with van der Waals surface area (Å²) < 4.78 is 0. The van der Waals surface area contributed by atoms with E-state index in [0.29, 0.717) is 16.3 Å². The van der Waals surface area contributed by atoms with Crippen LogP contribution in [0, 0.1) is 13.8 Å². The number of benzene rings is 3. The SMILES string of the molecule is Cc1ccc(NC(=O)CSc2ccccc2C(=O)Nc2cc(Cl)ccc2C)cc1. The molecule has 0 aromatic heterocycles. The molecule has 0 bridgehead atoms. The van der Waals surface area contributed by atoms with E-state index in [9.17, 15) is 9.59 Å². The molecule has 0 saturated carbocycles. The average Bonchev–Trinajstić information content (AvgIpc) is 2.71. The van der Waals surface area contributed by atoms with E-state index in [2.05, 4.69) is 10.6 Å². The minimum Gasteiger partial charge on any atom is -0.325 e. The molecular weight excluding hydrogens is 404 g/mol. The van der Waals surface area contributed by atoms with Gasteiger partial charge in [0, 0.05) is 21.3 Å². The van der Waals surface area contributed by atoms with Gasteiger partial charge in [-0.25, -0.2) is 0 Å². The van der Waals surface area contributed by atoms with Gasteiger partial charge < -0.3 is 10.6 Å². The first-order valence-corrected chi connectivity index (χ1v) is 10.4. The number of amides is 2. The van der Waals surface area contributed by atoms with Crippen LogP contribution in [0.25, 0.3) is 0 Å². The third kappa shape index (κ3) is 5.86. The van der Waals surface area contributed by atoms with Gasteiger partial charge in [0.2, 0.25) is 5.91 Å². The summed E-state index contributed by atoms with van der Waals surface area (Å²) in [5, 5.41) is 6.33. The molecule has 6 heteroatoms. The van der Waals surface area contributed by atoms with Gasteiger partial charge in [-0.2, -0.15) is 0 Å². The van der Waals surface area contributed by atoms with Crippen molar-refractivity contribution in [2.45, 2.75) is 18.7 Å². The first-order valence-electron chi connectivity index (χ1n) is 9.08. The highest BCUT2D eigenvalue weighted by Crippen LogP contribution is 2.26. The Kier molecular flexibility index (Phi) is 6.96. The van der Waals surface area contributed by atoms with Gasteiger partial charge in [-0.15, -0.1) is 11.8 Å². The number of rotatable bonds is 6.